The second-order valence-corrected chi connectivity index (χ2v) is 6.49. The lowest BCUT2D eigenvalue weighted by atomic mass is 10.00. The van der Waals surface area contributed by atoms with Gasteiger partial charge in [0.1, 0.15) is 5.69 Å². The molecule has 1 aliphatic rings. The molecule has 1 aromatic rings. The van der Waals surface area contributed by atoms with E-state index >= 15 is 0 Å². The summed E-state index contributed by atoms with van der Waals surface area (Å²) >= 11 is 6.95. The molecule has 3 nitrogen and oxygen atoms in total. The zero-order chi connectivity index (χ0) is 12.4. The molecule has 2 unspecified atom stereocenters. The quantitative estimate of drug-likeness (QED) is 0.720. The van der Waals surface area contributed by atoms with Crippen LogP contribution in [0.2, 0.25) is 0 Å². The summed E-state index contributed by atoms with van der Waals surface area (Å²) in [5, 5.41) is 0. The van der Waals surface area contributed by atoms with E-state index in [-0.39, 0.29) is 5.91 Å². The molecule has 2 rings (SSSR count). The van der Waals surface area contributed by atoms with Crippen LogP contribution in [-0.4, -0.2) is 33.7 Å². The van der Waals surface area contributed by atoms with E-state index in [1.54, 1.807) is 12.3 Å². The molecule has 0 radical (unpaired) electrons. The van der Waals surface area contributed by atoms with Crippen molar-refractivity contribution in [2.75, 3.05) is 13.1 Å². The Morgan fingerprint density at radius 1 is 1.53 bits per heavy atom. The highest BCUT2D eigenvalue weighted by atomic mass is 79.9. The summed E-state index contributed by atoms with van der Waals surface area (Å²) in [5.41, 5.74) is 0.522. The fourth-order valence-electron chi connectivity index (χ4n) is 1.97. The summed E-state index contributed by atoms with van der Waals surface area (Å²) in [4.78, 5) is 18.7. The van der Waals surface area contributed by atoms with E-state index in [4.69, 9.17) is 0 Å². The summed E-state index contributed by atoms with van der Waals surface area (Å²) in [6.07, 6.45) is 2.66. The molecular weight excluding hydrogens is 348 g/mol. The maximum Gasteiger partial charge on any atom is 0.272 e. The minimum atomic E-state index is 0.0313. The molecule has 0 saturated carbocycles. The number of amides is 1. The van der Waals surface area contributed by atoms with Crippen molar-refractivity contribution in [3.63, 3.8) is 0 Å². The molecule has 1 fully saturated rings. The molecule has 0 bridgehead atoms. The Labute approximate surface area is 118 Å². The van der Waals surface area contributed by atoms with E-state index in [0.717, 1.165) is 24.0 Å². The molecule has 1 aliphatic heterocycles. The summed E-state index contributed by atoms with van der Waals surface area (Å²) in [7, 11) is 0. The third kappa shape index (κ3) is 3.07. The van der Waals surface area contributed by atoms with Gasteiger partial charge in [0, 0.05) is 28.6 Å². The number of hydrogen-bond donors (Lipinski definition) is 0. The smallest absolute Gasteiger partial charge is 0.272 e. The van der Waals surface area contributed by atoms with Gasteiger partial charge < -0.3 is 4.90 Å². The first kappa shape index (κ1) is 13.0. The molecular formula is C12H14Br2N2O. The van der Waals surface area contributed by atoms with Crippen molar-refractivity contribution in [2.45, 2.75) is 18.2 Å². The third-order valence-electron chi connectivity index (χ3n) is 3.03. The van der Waals surface area contributed by atoms with Crippen molar-refractivity contribution >= 4 is 37.8 Å². The highest BCUT2D eigenvalue weighted by molar-refractivity contribution is 9.10. The van der Waals surface area contributed by atoms with Crippen LogP contribution in [0.15, 0.2) is 22.8 Å². The maximum absolute atomic E-state index is 12.2. The highest BCUT2D eigenvalue weighted by Crippen LogP contribution is 2.24. The summed E-state index contributed by atoms with van der Waals surface area (Å²) in [5.74, 6) is 0.520. The van der Waals surface area contributed by atoms with Gasteiger partial charge in [0.15, 0.2) is 0 Å². The van der Waals surface area contributed by atoms with E-state index < -0.39 is 0 Å². The largest absolute Gasteiger partial charge is 0.337 e. The molecule has 0 aromatic carbocycles. The van der Waals surface area contributed by atoms with E-state index in [9.17, 15) is 4.79 Å². The average molecular weight is 362 g/mol. The molecule has 92 valence electrons. The zero-order valence-corrected chi connectivity index (χ0v) is 12.7. The topological polar surface area (TPSA) is 33.2 Å². The van der Waals surface area contributed by atoms with Gasteiger partial charge in [0.25, 0.3) is 5.91 Å². The number of nitrogens with zero attached hydrogens (tertiary/aromatic N) is 2. The number of likely N-dealkylation sites (tertiary alicyclic amines) is 1. The van der Waals surface area contributed by atoms with Gasteiger partial charge in [-0.2, -0.15) is 0 Å². The first-order chi connectivity index (χ1) is 8.08. The van der Waals surface area contributed by atoms with Crippen LogP contribution in [0, 0.1) is 5.92 Å². The second-order valence-electron chi connectivity index (χ2n) is 4.39. The predicted octanol–water partition coefficient (Wildman–Crippen LogP) is 3.09. The van der Waals surface area contributed by atoms with E-state index in [1.807, 2.05) is 11.0 Å². The number of aromatic nitrogens is 1. The molecule has 1 amide bonds. The molecule has 2 heterocycles. The Bertz CT molecular complexity index is 407. The number of halogens is 2. The van der Waals surface area contributed by atoms with Gasteiger partial charge in [0.05, 0.1) is 0 Å². The van der Waals surface area contributed by atoms with Crippen LogP contribution in [0.25, 0.3) is 0 Å². The minimum Gasteiger partial charge on any atom is -0.337 e. The van der Waals surface area contributed by atoms with Crippen molar-refractivity contribution in [1.82, 2.24) is 9.88 Å². The number of alkyl halides is 1. The second kappa shape index (κ2) is 5.48. The Morgan fingerprint density at radius 3 is 2.88 bits per heavy atom. The number of carbonyl (C=O) groups is 1. The molecule has 0 aliphatic carbocycles. The number of hydrogen-bond acceptors (Lipinski definition) is 2. The SMILES string of the molecule is CC1CN(C(=O)c2ccc(Br)cn2)CCC1Br. The molecule has 0 spiro atoms. The van der Waals surface area contributed by atoms with Crippen LogP contribution in [0.3, 0.4) is 0 Å². The zero-order valence-electron chi connectivity index (χ0n) is 9.57. The normalized spacial score (nSPS) is 24.8. The molecule has 2 atom stereocenters. The molecule has 1 aromatic heterocycles. The third-order valence-corrected chi connectivity index (χ3v) is 4.86. The van der Waals surface area contributed by atoms with Crippen molar-refractivity contribution in [3.8, 4) is 0 Å². The van der Waals surface area contributed by atoms with Gasteiger partial charge in [-0.25, -0.2) is 4.98 Å². The Balaban J connectivity index is 2.08. The standard InChI is InChI=1S/C12H14Br2N2O/c1-8-7-16(5-4-10(8)14)12(17)11-3-2-9(13)6-15-11/h2-3,6,8,10H,4-5,7H2,1H3. The fourth-order valence-corrected chi connectivity index (χ4v) is 2.57. The number of piperidine rings is 1. The number of carbonyl (C=O) groups excluding carboxylic acids is 1. The van der Waals surface area contributed by atoms with Gasteiger partial charge in [-0.05, 0) is 40.4 Å². The molecule has 0 N–H and O–H groups in total. The van der Waals surface area contributed by atoms with Crippen molar-refractivity contribution in [3.05, 3.63) is 28.5 Å². The highest BCUT2D eigenvalue weighted by Gasteiger charge is 2.27. The van der Waals surface area contributed by atoms with E-state index in [1.165, 1.54) is 0 Å². The number of rotatable bonds is 1. The van der Waals surface area contributed by atoms with Crippen LogP contribution >= 0.6 is 31.9 Å². The monoisotopic (exact) mass is 360 g/mol. The molecule has 1 saturated heterocycles. The summed E-state index contributed by atoms with van der Waals surface area (Å²) < 4.78 is 0.890. The lowest BCUT2D eigenvalue weighted by molar-refractivity contribution is 0.0684. The lowest BCUT2D eigenvalue weighted by Crippen LogP contribution is -2.43. The average Bonchev–Trinajstić information content (AvgIpc) is 2.33. The first-order valence-corrected chi connectivity index (χ1v) is 7.33. The van der Waals surface area contributed by atoms with Gasteiger partial charge in [-0.3, -0.25) is 4.79 Å². The van der Waals surface area contributed by atoms with E-state index in [0.29, 0.717) is 16.4 Å². The Hall–Kier alpha value is -0.420. The van der Waals surface area contributed by atoms with Crippen LogP contribution in [-0.2, 0) is 0 Å². The van der Waals surface area contributed by atoms with Crippen LogP contribution in [0.4, 0.5) is 0 Å². The van der Waals surface area contributed by atoms with Crippen LogP contribution in [0.5, 0.6) is 0 Å². The fraction of sp³-hybridized carbons (Fsp3) is 0.500. The number of pyridine rings is 1. The van der Waals surface area contributed by atoms with Crippen LogP contribution in [0.1, 0.15) is 23.8 Å². The van der Waals surface area contributed by atoms with E-state index in [2.05, 4.69) is 43.8 Å². The maximum atomic E-state index is 12.2. The predicted molar refractivity (Wildman–Crippen MR) is 74.3 cm³/mol. The van der Waals surface area contributed by atoms with Crippen molar-refractivity contribution < 1.29 is 4.79 Å². The first-order valence-electron chi connectivity index (χ1n) is 5.63. The summed E-state index contributed by atoms with van der Waals surface area (Å²) in [6, 6.07) is 3.61. The van der Waals surface area contributed by atoms with Crippen molar-refractivity contribution in [1.29, 1.82) is 0 Å². The van der Waals surface area contributed by atoms with Gasteiger partial charge in [0.2, 0.25) is 0 Å². The van der Waals surface area contributed by atoms with Crippen molar-refractivity contribution in [2.24, 2.45) is 5.92 Å². The van der Waals surface area contributed by atoms with Gasteiger partial charge in [-0.1, -0.05) is 22.9 Å². The Kier molecular flexibility index (Phi) is 4.20. The summed E-state index contributed by atoms with van der Waals surface area (Å²) in [6.45, 7) is 3.76. The molecule has 5 heteroatoms. The van der Waals surface area contributed by atoms with Gasteiger partial charge >= 0.3 is 0 Å². The van der Waals surface area contributed by atoms with Crippen LogP contribution < -0.4 is 0 Å². The van der Waals surface area contributed by atoms with Gasteiger partial charge in [-0.15, -0.1) is 0 Å². The molecule has 17 heavy (non-hydrogen) atoms. The minimum absolute atomic E-state index is 0.0313. The Morgan fingerprint density at radius 2 is 2.29 bits per heavy atom. The lowest BCUT2D eigenvalue weighted by Gasteiger charge is -2.34.